The van der Waals surface area contributed by atoms with Crippen LogP contribution in [0.25, 0.3) is 0 Å². The third-order valence-corrected chi connectivity index (χ3v) is 3.49. The SMILES string of the molecule is NCC1CCCCC1NC(=O)c1ccc(=O)oc1. The van der Waals surface area contributed by atoms with E-state index in [0.717, 1.165) is 19.3 Å². The Bertz CT molecular complexity index is 449. The summed E-state index contributed by atoms with van der Waals surface area (Å²) >= 11 is 0. The van der Waals surface area contributed by atoms with Crippen molar-refractivity contribution in [3.05, 3.63) is 34.4 Å². The topological polar surface area (TPSA) is 85.3 Å². The maximum Gasteiger partial charge on any atom is 0.335 e. The Balaban J connectivity index is 2.01. The lowest BCUT2D eigenvalue weighted by Gasteiger charge is -2.31. The second kappa shape index (κ2) is 5.82. The molecule has 1 amide bonds. The molecule has 0 aromatic carbocycles. The highest BCUT2D eigenvalue weighted by molar-refractivity contribution is 5.93. The third kappa shape index (κ3) is 2.98. The van der Waals surface area contributed by atoms with Crippen molar-refractivity contribution in [3.63, 3.8) is 0 Å². The highest BCUT2D eigenvalue weighted by atomic mass is 16.4. The Labute approximate surface area is 105 Å². The Morgan fingerprint density at radius 3 is 2.83 bits per heavy atom. The van der Waals surface area contributed by atoms with Gasteiger partial charge >= 0.3 is 5.63 Å². The molecule has 1 aliphatic rings. The summed E-state index contributed by atoms with van der Waals surface area (Å²) in [6, 6.07) is 2.85. The number of amides is 1. The average Bonchev–Trinajstić information content (AvgIpc) is 2.40. The fraction of sp³-hybridized carbons (Fsp3) is 0.538. The van der Waals surface area contributed by atoms with Crippen LogP contribution in [-0.2, 0) is 0 Å². The summed E-state index contributed by atoms with van der Waals surface area (Å²) < 4.78 is 4.68. The largest absolute Gasteiger partial charge is 0.430 e. The van der Waals surface area contributed by atoms with Gasteiger partial charge in [0, 0.05) is 12.1 Å². The smallest absolute Gasteiger partial charge is 0.335 e. The summed E-state index contributed by atoms with van der Waals surface area (Å²) in [6.45, 7) is 0.592. The molecule has 3 N–H and O–H groups in total. The molecule has 2 rings (SSSR count). The summed E-state index contributed by atoms with van der Waals surface area (Å²) in [5.41, 5.74) is 5.63. The van der Waals surface area contributed by atoms with Crippen molar-refractivity contribution >= 4 is 5.91 Å². The molecule has 2 unspecified atom stereocenters. The van der Waals surface area contributed by atoms with Crippen molar-refractivity contribution in [1.82, 2.24) is 5.32 Å². The minimum absolute atomic E-state index is 0.128. The van der Waals surface area contributed by atoms with Gasteiger partial charge in [-0.15, -0.1) is 0 Å². The molecule has 1 saturated carbocycles. The van der Waals surface area contributed by atoms with Crippen molar-refractivity contribution in [3.8, 4) is 0 Å². The first kappa shape index (κ1) is 12.8. The van der Waals surface area contributed by atoms with Crippen LogP contribution in [0.4, 0.5) is 0 Å². The molecule has 98 valence electrons. The van der Waals surface area contributed by atoms with Crippen molar-refractivity contribution in [2.45, 2.75) is 31.7 Å². The predicted octanol–water partition coefficient (Wildman–Crippen LogP) is 0.887. The van der Waals surface area contributed by atoms with Crippen LogP contribution in [0.2, 0.25) is 0 Å². The Hall–Kier alpha value is -1.62. The van der Waals surface area contributed by atoms with Crippen LogP contribution in [0.3, 0.4) is 0 Å². The highest BCUT2D eigenvalue weighted by Gasteiger charge is 2.25. The lowest BCUT2D eigenvalue weighted by atomic mass is 9.84. The van der Waals surface area contributed by atoms with Crippen LogP contribution < -0.4 is 16.7 Å². The maximum atomic E-state index is 12.0. The number of nitrogens with two attached hydrogens (primary N) is 1. The Morgan fingerprint density at radius 1 is 1.39 bits per heavy atom. The van der Waals surface area contributed by atoms with Gasteiger partial charge in [0.2, 0.25) is 0 Å². The fourth-order valence-electron chi connectivity index (χ4n) is 2.42. The second-order valence-corrected chi connectivity index (χ2v) is 4.70. The van der Waals surface area contributed by atoms with E-state index >= 15 is 0 Å². The van der Waals surface area contributed by atoms with E-state index in [0.29, 0.717) is 18.0 Å². The molecule has 0 spiro atoms. The molecule has 0 aliphatic heterocycles. The molecule has 1 heterocycles. The van der Waals surface area contributed by atoms with Crippen LogP contribution >= 0.6 is 0 Å². The molecule has 2 atom stereocenters. The number of rotatable bonds is 3. The molecule has 0 saturated heterocycles. The van der Waals surface area contributed by atoms with Crippen molar-refractivity contribution < 1.29 is 9.21 Å². The van der Waals surface area contributed by atoms with Gasteiger partial charge in [-0.3, -0.25) is 4.79 Å². The van der Waals surface area contributed by atoms with Gasteiger partial charge < -0.3 is 15.5 Å². The van der Waals surface area contributed by atoms with E-state index in [1.165, 1.54) is 24.8 Å². The lowest BCUT2D eigenvalue weighted by molar-refractivity contribution is 0.0905. The maximum absolute atomic E-state index is 12.0. The molecule has 0 radical (unpaired) electrons. The van der Waals surface area contributed by atoms with E-state index in [2.05, 4.69) is 9.73 Å². The number of carbonyl (C=O) groups excluding carboxylic acids is 1. The molecule has 18 heavy (non-hydrogen) atoms. The van der Waals surface area contributed by atoms with Crippen LogP contribution in [0, 0.1) is 5.92 Å². The quantitative estimate of drug-likeness (QED) is 0.834. The van der Waals surface area contributed by atoms with Gasteiger partial charge in [0.25, 0.3) is 5.91 Å². The van der Waals surface area contributed by atoms with Crippen LogP contribution in [0.1, 0.15) is 36.0 Å². The van der Waals surface area contributed by atoms with Crippen molar-refractivity contribution in [2.75, 3.05) is 6.54 Å². The minimum atomic E-state index is -0.455. The number of carbonyl (C=O) groups is 1. The molecule has 1 aromatic rings. The predicted molar refractivity (Wildman–Crippen MR) is 67.2 cm³/mol. The van der Waals surface area contributed by atoms with Gasteiger partial charge in [0.1, 0.15) is 6.26 Å². The van der Waals surface area contributed by atoms with Gasteiger partial charge in [-0.1, -0.05) is 12.8 Å². The van der Waals surface area contributed by atoms with E-state index in [9.17, 15) is 9.59 Å². The summed E-state index contributed by atoms with van der Waals surface area (Å²) in [5, 5.41) is 2.97. The molecule has 0 bridgehead atoms. The third-order valence-electron chi connectivity index (χ3n) is 3.49. The molecule has 5 nitrogen and oxygen atoms in total. The summed E-state index contributed by atoms with van der Waals surface area (Å²) in [4.78, 5) is 22.8. The van der Waals surface area contributed by atoms with Crippen LogP contribution in [-0.4, -0.2) is 18.5 Å². The number of hydrogen-bond acceptors (Lipinski definition) is 4. The zero-order valence-electron chi connectivity index (χ0n) is 10.2. The Kier molecular flexibility index (Phi) is 4.15. The van der Waals surface area contributed by atoms with Crippen molar-refractivity contribution in [2.24, 2.45) is 11.7 Å². The van der Waals surface area contributed by atoms with Gasteiger partial charge in [-0.05, 0) is 31.4 Å². The van der Waals surface area contributed by atoms with E-state index < -0.39 is 5.63 Å². The van der Waals surface area contributed by atoms with E-state index in [1.54, 1.807) is 0 Å². The van der Waals surface area contributed by atoms with Crippen molar-refractivity contribution in [1.29, 1.82) is 0 Å². The average molecular weight is 250 g/mol. The molecule has 1 aliphatic carbocycles. The van der Waals surface area contributed by atoms with E-state index in [4.69, 9.17) is 5.73 Å². The first-order chi connectivity index (χ1) is 8.70. The monoisotopic (exact) mass is 250 g/mol. The number of hydrogen-bond donors (Lipinski definition) is 2. The fourth-order valence-corrected chi connectivity index (χ4v) is 2.42. The van der Waals surface area contributed by atoms with E-state index in [-0.39, 0.29) is 11.9 Å². The lowest BCUT2D eigenvalue weighted by Crippen LogP contribution is -2.44. The minimum Gasteiger partial charge on any atom is -0.430 e. The zero-order chi connectivity index (χ0) is 13.0. The molecular formula is C13H18N2O3. The summed E-state index contributed by atoms with van der Waals surface area (Å²) in [5.74, 6) is 0.141. The molecular weight excluding hydrogens is 232 g/mol. The van der Waals surface area contributed by atoms with Gasteiger partial charge in [0.15, 0.2) is 0 Å². The first-order valence-electron chi connectivity index (χ1n) is 6.30. The summed E-state index contributed by atoms with van der Waals surface area (Å²) in [7, 11) is 0. The molecule has 5 heteroatoms. The highest BCUT2D eigenvalue weighted by Crippen LogP contribution is 2.23. The first-order valence-corrected chi connectivity index (χ1v) is 6.30. The number of nitrogens with one attached hydrogen (secondary N) is 1. The van der Waals surface area contributed by atoms with Crippen LogP contribution in [0.15, 0.2) is 27.6 Å². The second-order valence-electron chi connectivity index (χ2n) is 4.70. The standard InChI is InChI=1S/C13H18N2O3/c14-7-9-3-1-2-4-11(9)15-13(17)10-5-6-12(16)18-8-10/h5-6,8-9,11H,1-4,7,14H2,(H,15,17). The Morgan fingerprint density at radius 2 is 2.17 bits per heavy atom. The van der Waals surface area contributed by atoms with Crippen LogP contribution in [0.5, 0.6) is 0 Å². The molecule has 1 fully saturated rings. The van der Waals surface area contributed by atoms with Gasteiger partial charge in [-0.2, -0.15) is 0 Å². The summed E-state index contributed by atoms with van der Waals surface area (Å²) in [6.07, 6.45) is 5.51. The van der Waals surface area contributed by atoms with Gasteiger partial charge in [0.05, 0.1) is 5.56 Å². The van der Waals surface area contributed by atoms with Gasteiger partial charge in [-0.25, -0.2) is 4.79 Å². The van der Waals surface area contributed by atoms with E-state index in [1.807, 2.05) is 0 Å². The zero-order valence-corrected chi connectivity index (χ0v) is 10.2. The molecule has 1 aromatic heterocycles. The normalized spacial score (nSPS) is 23.6.